The van der Waals surface area contributed by atoms with Crippen LogP contribution in [-0.2, 0) is 18.4 Å². The molecule has 0 aliphatic rings. The van der Waals surface area contributed by atoms with E-state index in [1.54, 1.807) is 6.08 Å². The van der Waals surface area contributed by atoms with Gasteiger partial charge in [-0.3, -0.25) is 9.36 Å². The number of quaternary nitrogens is 1. The van der Waals surface area contributed by atoms with Crippen LogP contribution in [0.4, 0.5) is 0 Å². The molecule has 0 aromatic heterocycles. The van der Waals surface area contributed by atoms with Crippen molar-refractivity contribution in [1.82, 2.24) is 5.32 Å². The van der Waals surface area contributed by atoms with Crippen molar-refractivity contribution in [1.29, 1.82) is 0 Å². The van der Waals surface area contributed by atoms with Gasteiger partial charge in [-0.1, -0.05) is 183 Å². The molecule has 0 aliphatic carbocycles. The largest absolute Gasteiger partial charge is 0.756 e. The number of nitrogens with one attached hydrogen (secondary N) is 1. The summed E-state index contributed by atoms with van der Waals surface area (Å²) in [7, 11) is 1.22. The van der Waals surface area contributed by atoms with Gasteiger partial charge in [0.25, 0.3) is 7.82 Å². The van der Waals surface area contributed by atoms with E-state index in [1.807, 2.05) is 27.2 Å². The zero-order chi connectivity index (χ0) is 44.3. The Morgan fingerprint density at radius 1 is 0.600 bits per heavy atom. The molecule has 0 heterocycles. The van der Waals surface area contributed by atoms with Gasteiger partial charge in [0.15, 0.2) is 0 Å². The number of phosphoric acid groups is 1. The van der Waals surface area contributed by atoms with Crippen molar-refractivity contribution in [3.8, 4) is 0 Å². The fraction of sp³-hybridized carbons (Fsp3) is 0.745. The van der Waals surface area contributed by atoms with Crippen LogP contribution in [0.3, 0.4) is 0 Å². The summed E-state index contributed by atoms with van der Waals surface area (Å²) in [6.45, 7) is 4.49. The summed E-state index contributed by atoms with van der Waals surface area (Å²) < 4.78 is 23.2. The molecule has 1 amide bonds. The molecule has 3 atom stereocenters. The van der Waals surface area contributed by atoms with Crippen molar-refractivity contribution in [3.63, 3.8) is 0 Å². The normalized spacial score (nSPS) is 14.8. The minimum atomic E-state index is -4.61. The van der Waals surface area contributed by atoms with E-state index in [0.29, 0.717) is 17.4 Å². The Labute approximate surface area is 370 Å². The highest BCUT2D eigenvalue weighted by atomic mass is 31.2. The highest BCUT2D eigenvalue weighted by Crippen LogP contribution is 2.38. The molecule has 0 rings (SSSR count). The molecule has 9 heteroatoms. The zero-order valence-corrected chi connectivity index (χ0v) is 40.3. The first-order valence-corrected chi connectivity index (χ1v) is 25.8. The van der Waals surface area contributed by atoms with Crippen LogP contribution in [0.2, 0.25) is 0 Å². The summed E-state index contributed by atoms with van der Waals surface area (Å²) in [5, 5.41) is 13.8. The average molecular weight is 861 g/mol. The van der Waals surface area contributed by atoms with Gasteiger partial charge in [-0.15, -0.1) is 0 Å². The summed E-state index contributed by atoms with van der Waals surface area (Å²) in [5.74, 6) is -0.224. The summed E-state index contributed by atoms with van der Waals surface area (Å²) in [6.07, 6.45) is 56.7. The Kier molecular flexibility index (Phi) is 40.8. The lowest BCUT2D eigenvalue weighted by molar-refractivity contribution is -0.870. The van der Waals surface area contributed by atoms with Crippen LogP contribution in [0.25, 0.3) is 0 Å². The topological polar surface area (TPSA) is 108 Å². The molecule has 2 N–H and O–H groups in total. The van der Waals surface area contributed by atoms with Crippen molar-refractivity contribution >= 4 is 13.7 Å². The minimum absolute atomic E-state index is 0.0144. The summed E-state index contributed by atoms with van der Waals surface area (Å²) >= 11 is 0. The lowest BCUT2D eigenvalue weighted by atomic mass is 10.1. The monoisotopic (exact) mass is 861 g/mol. The van der Waals surface area contributed by atoms with E-state index >= 15 is 0 Å². The number of carbonyl (C=O) groups is 1. The van der Waals surface area contributed by atoms with Crippen molar-refractivity contribution in [2.75, 3.05) is 40.9 Å². The van der Waals surface area contributed by atoms with Crippen molar-refractivity contribution in [2.45, 2.75) is 206 Å². The Morgan fingerprint density at radius 3 is 1.55 bits per heavy atom. The van der Waals surface area contributed by atoms with Gasteiger partial charge in [0.1, 0.15) is 13.2 Å². The number of aliphatic hydroxyl groups excluding tert-OH is 1. The van der Waals surface area contributed by atoms with Gasteiger partial charge in [0.2, 0.25) is 5.91 Å². The number of rotatable bonds is 43. The third-order valence-electron chi connectivity index (χ3n) is 10.4. The molecule has 0 aliphatic heterocycles. The maximum Gasteiger partial charge on any atom is 0.268 e. The fourth-order valence-electron chi connectivity index (χ4n) is 6.55. The van der Waals surface area contributed by atoms with E-state index in [1.165, 1.54) is 96.3 Å². The zero-order valence-electron chi connectivity index (χ0n) is 39.4. The number of likely N-dealkylation sites (N-methyl/N-ethyl adjacent to an activating group) is 1. The number of allylic oxidation sites excluding steroid dienone is 11. The lowest BCUT2D eigenvalue weighted by Crippen LogP contribution is -2.45. The number of amides is 1. The smallest absolute Gasteiger partial charge is 0.268 e. The molecule has 0 bridgehead atoms. The molecule has 0 aromatic rings. The summed E-state index contributed by atoms with van der Waals surface area (Å²) in [4.78, 5) is 25.4. The molecule has 0 aromatic carbocycles. The number of carbonyl (C=O) groups excluding carboxylic acids is 1. The first kappa shape index (κ1) is 57.9. The molecule has 0 radical (unpaired) electrons. The fourth-order valence-corrected chi connectivity index (χ4v) is 7.27. The van der Waals surface area contributed by atoms with Crippen molar-refractivity contribution < 1.29 is 32.9 Å². The Morgan fingerprint density at radius 2 is 1.03 bits per heavy atom. The van der Waals surface area contributed by atoms with Gasteiger partial charge < -0.3 is 28.8 Å². The van der Waals surface area contributed by atoms with Crippen LogP contribution in [0.5, 0.6) is 0 Å². The van der Waals surface area contributed by atoms with Crippen molar-refractivity contribution in [2.24, 2.45) is 0 Å². The SMILES string of the molecule is CC/C=C\C/C=C\C/C=C\CCCCCCCCCC(=O)NC(COP(=O)([O-])OCC[N+](C)(C)C)C(O)/C=C/CC/C=C/CC/C=C/CCCCCCCCCCCCC. The number of hydrogen-bond donors (Lipinski definition) is 2. The lowest BCUT2D eigenvalue weighted by Gasteiger charge is -2.29. The van der Waals surface area contributed by atoms with Crippen LogP contribution in [0.1, 0.15) is 194 Å². The third-order valence-corrected chi connectivity index (χ3v) is 11.3. The Balaban J connectivity index is 4.46. The van der Waals surface area contributed by atoms with Gasteiger partial charge >= 0.3 is 0 Å². The first-order chi connectivity index (χ1) is 29.0. The van der Waals surface area contributed by atoms with E-state index in [0.717, 1.165) is 77.0 Å². The molecule has 0 saturated heterocycles. The Hall–Kier alpha value is -2.06. The molecule has 0 fully saturated rings. The average Bonchev–Trinajstić information content (AvgIpc) is 3.20. The van der Waals surface area contributed by atoms with Gasteiger partial charge in [0, 0.05) is 6.42 Å². The van der Waals surface area contributed by atoms with E-state index < -0.39 is 26.6 Å². The summed E-state index contributed by atoms with van der Waals surface area (Å²) in [5.41, 5.74) is 0. The van der Waals surface area contributed by atoms with Gasteiger partial charge in [-0.25, -0.2) is 0 Å². The maximum atomic E-state index is 12.9. The molecule has 3 unspecified atom stereocenters. The highest BCUT2D eigenvalue weighted by Gasteiger charge is 2.23. The van der Waals surface area contributed by atoms with Crippen LogP contribution in [-0.4, -0.2) is 68.5 Å². The number of phosphoric ester groups is 1. The first-order valence-electron chi connectivity index (χ1n) is 24.3. The molecule has 348 valence electrons. The van der Waals surface area contributed by atoms with E-state index in [-0.39, 0.29) is 12.5 Å². The van der Waals surface area contributed by atoms with E-state index in [2.05, 4.69) is 79.9 Å². The number of aliphatic hydroxyl groups is 1. The van der Waals surface area contributed by atoms with Crippen LogP contribution in [0, 0.1) is 0 Å². The molecule has 0 spiro atoms. The second kappa shape index (κ2) is 42.3. The van der Waals surface area contributed by atoms with Crippen LogP contribution in [0.15, 0.2) is 72.9 Å². The predicted molar refractivity (Wildman–Crippen MR) is 256 cm³/mol. The van der Waals surface area contributed by atoms with E-state index in [9.17, 15) is 19.4 Å². The predicted octanol–water partition coefficient (Wildman–Crippen LogP) is 13.3. The molecule has 60 heavy (non-hydrogen) atoms. The van der Waals surface area contributed by atoms with Gasteiger partial charge in [-0.05, 0) is 77.0 Å². The number of unbranched alkanes of at least 4 members (excludes halogenated alkanes) is 20. The van der Waals surface area contributed by atoms with Crippen molar-refractivity contribution in [3.05, 3.63) is 72.9 Å². The molecule has 0 saturated carbocycles. The van der Waals surface area contributed by atoms with Crippen LogP contribution < -0.4 is 10.2 Å². The van der Waals surface area contributed by atoms with Gasteiger partial charge in [0.05, 0.1) is 39.9 Å². The second-order valence-electron chi connectivity index (χ2n) is 17.4. The second-order valence-corrected chi connectivity index (χ2v) is 18.8. The summed E-state index contributed by atoms with van der Waals surface area (Å²) in [6, 6.07) is -0.918. The Bertz CT molecular complexity index is 1200. The maximum absolute atomic E-state index is 12.9. The van der Waals surface area contributed by atoms with Gasteiger partial charge in [-0.2, -0.15) is 0 Å². The number of hydrogen-bond acceptors (Lipinski definition) is 6. The standard InChI is InChI=1S/C51H93N2O6P/c1-6-8-10-12-14-16-18-20-22-24-25-26-27-29-30-32-34-36-38-40-42-44-50(54)49(48-59-60(56,57)58-47-46-53(3,4)5)52-51(55)45-43-41-39-37-35-33-31-28-23-21-19-17-15-13-11-9-7-2/h9,11,15,17,21,23,27,29,34,36,42,44,49-50,54H,6-8,10,12-14,16,18-20,22,24-26,28,30-33,35,37-41,43,45-48H2,1-5H3,(H-,52,55,56,57)/b11-9-,17-15-,23-21-,29-27+,36-34+,44-42+. The van der Waals surface area contributed by atoms with Crippen LogP contribution >= 0.6 is 7.82 Å². The molecule has 8 nitrogen and oxygen atoms in total. The molecular formula is C51H93N2O6P. The quantitative estimate of drug-likeness (QED) is 0.0274. The third kappa shape index (κ3) is 44.0. The molecular weight excluding hydrogens is 768 g/mol. The van der Waals surface area contributed by atoms with E-state index in [4.69, 9.17) is 9.05 Å². The number of nitrogens with zero attached hydrogens (tertiary/aromatic N) is 1. The minimum Gasteiger partial charge on any atom is -0.756 e. The highest BCUT2D eigenvalue weighted by molar-refractivity contribution is 7.45.